The summed E-state index contributed by atoms with van der Waals surface area (Å²) in [4.78, 5) is 4.40. The highest BCUT2D eigenvalue weighted by molar-refractivity contribution is 9.10. The van der Waals surface area contributed by atoms with E-state index in [1.54, 1.807) is 12.1 Å². The van der Waals surface area contributed by atoms with Crippen LogP contribution in [-0.4, -0.2) is 55.2 Å². The van der Waals surface area contributed by atoms with E-state index in [1.807, 2.05) is 0 Å². The van der Waals surface area contributed by atoms with E-state index in [0.717, 1.165) is 31.7 Å². The number of hydrogen-bond donors (Lipinski definition) is 1. The van der Waals surface area contributed by atoms with Gasteiger partial charge in [0.25, 0.3) is 0 Å². The SMILES string of the molecule is COc1cc(C(C#N)N2CCN(C)CC2)cc(Br)c1O. The summed E-state index contributed by atoms with van der Waals surface area (Å²) in [6.45, 7) is 3.62. The van der Waals surface area contributed by atoms with E-state index < -0.39 is 0 Å². The van der Waals surface area contributed by atoms with Gasteiger partial charge in [0.2, 0.25) is 0 Å². The van der Waals surface area contributed by atoms with Gasteiger partial charge in [-0.15, -0.1) is 0 Å². The molecule has 1 aliphatic rings. The van der Waals surface area contributed by atoms with Gasteiger partial charge in [-0.1, -0.05) is 0 Å². The summed E-state index contributed by atoms with van der Waals surface area (Å²) >= 11 is 3.30. The highest BCUT2D eigenvalue weighted by Gasteiger charge is 2.25. The van der Waals surface area contributed by atoms with Gasteiger partial charge in [0.1, 0.15) is 6.04 Å². The van der Waals surface area contributed by atoms with Crippen LogP contribution < -0.4 is 4.74 Å². The molecule has 0 aromatic heterocycles. The predicted octanol–water partition coefficient (Wildman–Crippen LogP) is 1.98. The normalized spacial score (nSPS) is 18.5. The maximum absolute atomic E-state index is 9.85. The van der Waals surface area contributed by atoms with Gasteiger partial charge in [-0.25, -0.2) is 0 Å². The van der Waals surface area contributed by atoms with Crippen molar-refractivity contribution in [2.45, 2.75) is 6.04 Å². The van der Waals surface area contributed by atoms with Crippen LogP contribution in [0.2, 0.25) is 0 Å². The molecule has 108 valence electrons. The van der Waals surface area contributed by atoms with Crippen molar-refractivity contribution < 1.29 is 9.84 Å². The summed E-state index contributed by atoms with van der Waals surface area (Å²) in [6, 6.07) is 5.54. The second-order valence-corrected chi connectivity index (χ2v) is 5.78. The Hall–Kier alpha value is -1.29. The lowest BCUT2D eigenvalue weighted by atomic mass is 10.0. The minimum absolute atomic E-state index is 0.0614. The van der Waals surface area contributed by atoms with Crippen molar-refractivity contribution in [1.29, 1.82) is 5.26 Å². The minimum Gasteiger partial charge on any atom is -0.503 e. The lowest BCUT2D eigenvalue weighted by Gasteiger charge is -2.35. The highest BCUT2D eigenvalue weighted by atomic mass is 79.9. The molecule has 20 heavy (non-hydrogen) atoms. The minimum atomic E-state index is -0.325. The van der Waals surface area contributed by atoms with Crippen molar-refractivity contribution in [2.24, 2.45) is 0 Å². The Bertz CT molecular complexity index is 522. The molecule has 1 saturated heterocycles. The van der Waals surface area contributed by atoms with E-state index in [1.165, 1.54) is 7.11 Å². The van der Waals surface area contributed by atoms with Crippen LogP contribution in [0.15, 0.2) is 16.6 Å². The predicted molar refractivity (Wildman–Crippen MR) is 79.8 cm³/mol. The van der Waals surface area contributed by atoms with E-state index in [-0.39, 0.29) is 11.8 Å². The number of ether oxygens (including phenoxy) is 1. The van der Waals surface area contributed by atoms with Crippen LogP contribution in [0.4, 0.5) is 0 Å². The molecule has 0 radical (unpaired) electrons. The molecule has 0 bridgehead atoms. The van der Waals surface area contributed by atoms with Crippen LogP contribution in [0, 0.1) is 11.3 Å². The van der Waals surface area contributed by atoms with Gasteiger partial charge >= 0.3 is 0 Å². The lowest BCUT2D eigenvalue weighted by molar-refractivity contribution is 0.132. The number of hydrogen-bond acceptors (Lipinski definition) is 5. The van der Waals surface area contributed by atoms with Crippen molar-refractivity contribution in [3.63, 3.8) is 0 Å². The Morgan fingerprint density at radius 3 is 2.55 bits per heavy atom. The maximum atomic E-state index is 9.85. The van der Waals surface area contributed by atoms with Gasteiger partial charge in [0, 0.05) is 26.2 Å². The molecule has 0 amide bonds. The smallest absolute Gasteiger partial charge is 0.172 e. The molecule has 1 aromatic carbocycles. The van der Waals surface area contributed by atoms with Crippen LogP contribution in [0.3, 0.4) is 0 Å². The third-order valence-electron chi connectivity index (χ3n) is 3.61. The van der Waals surface area contributed by atoms with Crippen molar-refractivity contribution >= 4 is 15.9 Å². The molecule has 0 spiro atoms. The molecular formula is C14H18BrN3O2. The number of likely N-dealkylation sites (N-methyl/N-ethyl adjacent to an activating group) is 1. The second-order valence-electron chi connectivity index (χ2n) is 4.92. The molecule has 0 saturated carbocycles. The Morgan fingerprint density at radius 1 is 1.35 bits per heavy atom. The number of rotatable bonds is 3. The summed E-state index contributed by atoms with van der Waals surface area (Å²) in [7, 11) is 3.58. The van der Waals surface area contributed by atoms with Gasteiger partial charge < -0.3 is 14.7 Å². The fourth-order valence-electron chi connectivity index (χ4n) is 2.35. The zero-order valence-electron chi connectivity index (χ0n) is 11.6. The number of halogens is 1. The average Bonchev–Trinajstić information content (AvgIpc) is 2.45. The van der Waals surface area contributed by atoms with Crippen LogP contribution >= 0.6 is 15.9 Å². The highest BCUT2D eigenvalue weighted by Crippen LogP contribution is 2.38. The monoisotopic (exact) mass is 339 g/mol. The molecule has 0 aliphatic carbocycles. The Morgan fingerprint density at radius 2 is 2.00 bits per heavy atom. The van der Waals surface area contributed by atoms with Crippen molar-refractivity contribution in [3.8, 4) is 17.6 Å². The molecule has 1 atom stereocenters. The Balaban J connectivity index is 2.28. The van der Waals surface area contributed by atoms with Crippen LogP contribution in [-0.2, 0) is 0 Å². The first-order valence-corrected chi connectivity index (χ1v) is 7.24. The van der Waals surface area contributed by atoms with Crippen molar-refractivity contribution in [3.05, 3.63) is 22.2 Å². The number of nitriles is 1. The first kappa shape index (κ1) is 15.1. The van der Waals surface area contributed by atoms with E-state index in [0.29, 0.717) is 10.2 Å². The Kier molecular flexibility index (Phi) is 4.86. The molecule has 5 nitrogen and oxygen atoms in total. The summed E-state index contributed by atoms with van der Waals surface area (Å²) < 4.78 is 5.69. The van der Waals surface area contributed by atoms with E-state index in [4.69, 9.17) is 4.74 Å². The largest absolute Gasteiger partial charge is 0.503 e. The van der Waals surface area contributed by atoms with E-state index in [2.05, 4.69) is 38.8 Å². The average molecular weight is 340 g/mol. The molecule has 6 heteroatoms. The summed E-state index contributed by atoms with van der Waals surface area (Å²) in [6.07, 6.45) is 0. The quantitative estimate of drug-likeness (QED) is 0.912. The molecule has 2 rings (SSSR count). The third kappa shape index (κ3) is 3.06. The van der Waals surface area contributed by atoms with Gasteiger partial charge in [-0.3, -0.25) is 4.90 Å². The molecule has 1 heterocycles. The number of piperazine rings is 1. The van der Waals surface area contributed by atoms with Crippen LogP contribution in [0.5, 0.6) is 11.5 Å². The number of nitrogens with zero attached hydrogens (tertiary/aromatic N) is 3. The Labute approximate surface area is 127 Å². The summed E-state index contributed by atoms with van der Waals surface area (Å²) in [5.74, 6) is 0.440. The maximum Gasteiger partial charge on any atom is 0.172 e. The summed E-state index contributed by atoms with van der Waals surface area (Å²) in [5.41, 5.74) is 0.832. The number of benzene rings is 1. The zero-order chi connectivity index (χ0) is 14.7. The molecular weight excluding hydrogens is 322 g/mol. The first-order chi connectivity index (χ1) is 9.56. The van der Waals surface area contributed by atoms with Gasteiger partial charge in [-0.05, 0) is 40.7 Å². The molecule has 1 aromatic rings. The molecule has 1 unspecified atom stereocenters. The fourth-order valence-corrected chi connectivity index (χ4v) is 2.81. The van der Waals surface area contributed by atoms with Crippen molar-refractivity contribution in [2.75, 3.05) is 40.3 Å². The van der Waals surface area contributed by atoms with E-state index >= 15 is 0 Å². The zero-order valence-corrected chi connectivity index (χ0v) is 13.2. The molecule has 1 N–H and O–H groups in total. The van der Waals surface area contributed by atoms with Gasteiger partial charge in [0.05, 0.1) is 17.7 Å². The second kappa shape index (κ2) is 6.44. The summed E-state index contributed by atoms with van der Waals surface area (Å²) in [5, 5.41) is 19.3. The van der Waals surface area contributed by atoms with Crippen molar-refractivity contribution in [1.82, 2.24) is 9.80 Å². The number of aromatic hydroxyl groups is 1. The van der Waals surface area contributed by atoms with Gasteiger partial charge in [-0.2, -0.15) is 5.26 Å². The standard InChI is InChI=1S/C14H18BrN3O2/c1-17-3-5-18(6-4-17)12(9-16)10-7-11(15)14(19)13(8-10)20-2/h7-8,12,19H,3-6H2,1-2H3. The topological polar surface area (TPSA) is 59.7 Å². The van der Waals surface area contributed by atoms with Gasteiger partial charge in [0.15, 0.2) is 11.5 Å². The van der Waals surface area contributed by atoms with Crippen LogP contribution in [0.25, 0.3) is 0 Å². The number of phenolic OH excluding ortho intramolecular Hbond substituents is 1. The van der Waals surface area contributed by atoms with Crippen LogP contribution in [0.1, 0.15) is 11.6 Å². The number of methoxy groups -OCH3 is 1. The molecule has 1 fully saturated rings. The fraction of sp³-hybridized carbons (Fsp3) is 0.500. The lowest BCUT2D eigenvalue weighted by Crippen LogP contribution is -2.45. The number of phenols is 1. The first-order valence-electron chi connectivity index (χ1n) is 6.45. The molecule has 1 aliphatic heterocycles. The van der Waals surface area contributed by atoms with E-state index in [9.17, 15) is 10.4 Å². The third-order valence-corrected chi connectivity index (χ3v) is 4.22.